The second kappa shape index (κ2) is 16.3. The molecule has 0 unspecified atom stereocenters. The number of rotatable bonds is 15. The topological polar surface area (TPSA) is 50.8 Å². The second-order valence-electron chi connectivity index (χ2n) is 13.7. The molecule has 0 aliphatic heterocycles. The molecule has 4 aromatic carbocycles. The monoisotopic (exact) mass is 674 g/mol. The number of nitrogens with one attached hydrogen (secondary N) is 1. The predicted octanol–water partition coefficient (Wildman–Crippen LogP) is 11.8. The SMILES string of the molecule is CCC(C)(C)c1ccc(OCCCCN(Cc2cccc(Oc3ccccc3)c2)C(=O)Nc2ccccc2C(F)(F)F)c(C(C)(C)CC)c1. The number of benzene rings is 4. The van der Waals surface area contributed by atoms with Crippen LogP contribution in [0.5, 0.6) is 17.2 Å². The van der Waals surface area contributed by atoms with Crippen LogP contribution >= 0.6 is 0 Å². The molecule has 0 aliphatic rings. The zero-order chi connectivity index (χ0) is 35.7. The van der Waals surface area contributed by atoms with E-state index in [0.717, 1.165) is 30.2 Å². The fraction of sp³-hybridized carbons (Fsp3) is 0.390. The molecule has 1 N–H and O–H groups in total. The van der Waals surface area contributed by atoms with Gasteiger partial charge in [0, 0.05) is 18.7 Å². The van der Waals surface area contributed by atoms with Crippen LogP contribution in [0.3, 0.4) is 0 Å². The van der Waals surface area contributed by atoms with Crippen molar-refractivity contribution in [3.63, 3.8) is 0 Å². The molecule has 262 valence electrons. The minimum absolute atomic E-state index is 0.0505. The van der Waals surface area contributed by atoms with E-state index < -0.39 is 17.8 Å². The molecule has 4 rings (SSSR count). The van der Waals surface area contributed by atoms with E-state index >= 15 is 0 Å². The van der Waals surface area contributed by atoms with Crippen LogP contribution in [0.15, 0.2) is 97.1 Å². The lowest BCUT2D eigenvalue weighted by Gasteiger charge is -2.30. The molecule has 0 aromatic heterocycles. The third-order valence-corrected chi connectivity index (χ3v) is 9.35. The number of halogens is 3. The summed E-state index contributed by atoms with van der Waals surface area (Å²) in [5, 5.41) is 2.52. The number of nitrogens with zero attached hydrogens (tertiary/aromatic N) is 1. The minimum Gasteiger partial charge on any atom is -0.493 e. The van der Waals surface area contributed by atoms with Gasteiger partial charge >= 0.3 is 12.2 Å². The van der Waals surface area contributed by atoms with E-state index in [4.69, 9.17) is 9.47 Å². The van der Waals surface area contributed by atoms with Gasteiger partial charge in [-0.1, -0.05) is 96.1 Å². The lowest BCUT2D eigenvalue weighted by Crippen LogP contribution is -2.36. The number of alkyl halides is 3. The van der Waals surface area contributed by atoms with Gasteiger partial charge in [-0.2, -0.15) is 13.2 Å². The Balaban J connectivity index is 1.48. The molecule has 0 heterocycles. The number of carbonyl (C=O) groups is 1. The van der Waals surface area contributed by atoms with Crippen LogP contribution in [-0.2, 0) is 23.6 Å². The highest BCUT2D eigenvalue weighted by atomic mass is 19.4. The van der Waals surface area contributed by atoms with Gasteiger partial charge in [0.2, 0.25) is 0 Å². The molecule has 4 aromatic rings. The van der Waals surface area contributed by atoms with E-state index in [0.29, 0.717) is 37.5 Å². The standard InChI is InChI=1S/C41H49F3N2O3/c1-7-39(3,4)31-23-24-37(35(28-31)40(5,6)8-2)48-26-15-14-25-46(38(47)45-36-22-13-12-21-34(36)41(42,43)44)29-30-17-16-20-33(27-30)49-32-18-10-9-11-19-32/h9-13,16-24,27-28H,7-8,14-15,25-26,29H2,1-6H3,(H,45,47). The molecule has 0 atom stereocenters. The number of hydrogen-bond acceptors (Lipinski definition) is 3. The molecule has 49 heavy (non-hydrogen) atoms. The lowest BCUT2D eigenvalue weighted by molar-refractivity contribution is -0.136. The summed E-state index contributed by atoms with van der Waals surface area (Å²) in [5.74, 6) is 2.13. The number of ether oxygens (including phenoxy) is 2. The minimum atomic E-state index is -4.61. The average molecular weight is 675 g/mol. The number of para-hydroxylation sites is 2. The summed E-state index contributed by atoms with van der Waals surface area (Å²) >= 11 is 0. The van der Waals surface area contributed by atoms with Crippen molar-refractivity contribution in [2.75, 3.05) is 18.5 Å². The van der Waals surface area contributed by atoms with Gasteiger partial charge in [0.15, 0.2) is 0 Å². The molecule has 0 radical (unpaired) electrons. The normalized spacial score (nSPS) is 12.0. The van der Waals surface area contributed by atoms with E-state index in [9.17, 15) is 18.0 Å². The van der Waals surface area contributed by atoms with Gasteiger partial charge in [-0.3, -0.25) is 0 Å². The van der Waals surface area contributed by atoms with Crippen LogP contribution in [0.2, 0.25) is 0 Å². The van der Waals surface area contributed by atoms with Gasteiger partial charge in [-0.15, -0.1) is 0 Å². The van der Waals surface area contributed by atoms with Gasteiger partial charge in [0.05, 0.1) is 17.9 Å². The number of anilines is 1. The molecular formula is C41H49F3N2O3. The Morgan fingerprint density at radius 1 is 0.735 bits per heavy atom. The van der Waals surface area contributed by atoms with E-state index in [1.165, 1.54) is 34.2 Å². The largest absolute Gasteiger partial charge is 0.493 e. The van der Waals surface area contributed by atoms with Crippen LogP contribution in [0.25, 0.3) is 0 Å². The molecule has 2 amide bonds. The van der Waals surface area contributed by atoms with Crippen molar-refractivity contribution < 1.29 is 27.4 Å². The first kappa shape index (κ1) is 37.4. The Kier molecular flexibility index (Phi) is 12.4. The smallest absolute Gasteiger partial charge is 0.418 e. The molecule has 5 nitrogen and oxygen atoms in total. The highest BCUT2D eigenvalue weighted by Gasteiger charge is 2.34. The van der Waals surface area contributed by atoms with Gasteiger partial charge in [-0.05, 0) is 90.1 Å². The molecule has 0 spiro atoms. The van der Waals surface area contributed by atoms with Crippen LogP contribution in [-0.4, -0.2) is 24.1 Å². The van der Waals surface area contributed by atoms with Crippen LogP contribution in [0.1, 0.15) is 89.5 Å². The Hall–Kier alpha value is -4.46. The first-order chi connectivity index (χ1) is 23.2. The Morgan fingerprint density at radius 3 is 2.10 bits per heavy atom. The van der Waals surface area contributed by atoms with E-state index in [1.54, 1.807) is 0 Å². The molecule has 8 heteroatoms. The molecular weight excluding hydrogens is 625 g/mol. The second-order valence-corrected chi connectivity index (χ2v) is 13.7. The number of carbonyl (C=O) groups excluding carboxylic acids is 1. The van der Waals surface area contributed by atoms with Crippen molar-refractivity contribution in [2.24, 2.45) is 0 Å². The van der Waals surface area contributed by atoms with E-state index in [-0.39, 0.29) is 23.1 Å². The fourth-order valence-electron chi connectivity index (χ4n) is 5.43. The van der Waals surface area contributed by atoms with Crippen molar-refractivity contribution in [3.05, 3.63) is 119 Å². The van der Waals surface area contributed by atoms with Crippen molar-refractivity contribution >= 4 is 11.7 Å². The lowest BCUT2D eigenvalue weighted by atomic mass is 9.76. The predicted molar refractivity (Wildman–Crippen MR) is 192 cm³/mol. The number of amides is 2. The van der Waals surface area contributed by atoms with Gasteiger partial charge in [0.1, 0.15) is 17.2 Å². The molecule has 0 saturated carbocycles. The quantitative estimate of drug-likeness (QED) is 0.128. The van der Waals surface area contributed by atoms with Crippen LogP contribution in [0.4, 0.5) is 23.7 Å². The first-order valence-corrected chi connectivity index (χ1v) is 17.1. The number of urea groups is 1. The van der Waals surface area contributed by atoms with Gasteiger partial charge in [-0.25, -0.2) is 4.79 Å². The zero-order valence-electron chi connectivity index (χ0n) is 29.5. The highest BCUT2D eigenvalue weighted by Crippen LogP contribution is 2.39. The summed E-state index contributed by atoms with van der Waals surface area (Å²) in [6.07, 6.45) is -1.39. The summed E-state index contributed by atoms with van der Waals surface area (Å²) in [4.78, 5) is 15.1. The number of hydrogen-bond donors (Lipinski definition) is 1. The molecule has 0 fully saturated rings. The summed E-state index contributed by atoms with van der Waals surface area (Å²) in [7, 11) is 0. The van der Waals surface area contributed by atoms with E-state index in [1.807, 2.05) is 54.6 Å². The Morgan fingerprint density at radius 2 is 1.41 bits per heavy atom. The van der Waals surface area contributed by atoms with Crippen molar-refractivity contribution in [2.45, 2.75) is 90.8 Å². The summed E-state index contributed by atoms with van der Waals surface area (Å²) in [6.45, 7) is 14.3. The average Bonchev–Trinajstić information content (AvgIpc) is 3.08. The third-order valence-electron chi connectivity index (χ3n) is 9.35. The maximum atomic E-state index is 13.7. The maximum absolute atomic E-state index is 13.7. The Labute approximate surface area is 289 Å². The van der Waals surface area contributed by atoms with Gasteiger partial charge < -0.3 is 19.7 Å². The van der Waals surface area contributed by atoms with Gasteiger partial charge in [0.25, 0.3) is 0 Å². The first-order valence-electron chi connectivity index (χ1n) is 17.1. The van der Waals surface area contributed by atoms with Crippen molar-refractivity contribution in [1.82, 2.24) is 4.90 Å². The zero-order valence-corrected chi connectivity index (χ0v) is 29.5. The molecule has 0 aliphatic carbocycles. The van der Waals surface area contributed by atoms with Crippen LogP contribution < -0.4 is 14.8 Å². The fourth-order valence-corrected chi connectivity index (χ4v) is 5.43. The Bertz CT molecular complexity index is 1670. The molecule has 0 bridgehead atoms. The summed E-state index contributed by atoms with van der Waals surface area (Å²) in [5.41, 5.74) is 2.04. The highest BCUT2D eigenvalue weighted by molar-refractivity contribution is 5.90. The van der Waals surface area contributed by atoms with E-state index in [2.05, 4.69) is 65.1 Å². The summed E-state index contributed by atoms with van der Waals surface area (Å²) in [6, 6.07) is 27.6. The molecule has 0 saturated heterocycles. The maximum Gasteiger partial charge on any atom is 0.418 e. The summed E-state index contributed by atoms with van der Waals surface area (Å²) < 4.78 is 53.5. The van der Waals surface area contributed by atoms with Crippen LogP contribution in [0, 0.1) is 0 Å². The van der Waals surface area contributed by atoms with Crippen molar-refractivity contribution in [3.8, 4) is 17.2 Å². The number of unbranched alkanes of at least 4 members (excludes halogenated alkanes) is 1. The van der Waals surface area contributed by atoms with Crippen molar-refractivity contribution in [1.29, 1.82) is 0 Å². The third kappa shape index (κ3) is 10.3.